The van der Waals surface area contributed by atoms with E-state index in [1.165, 1.54) is 0 Å². The van der Waals surface area contributed by atoms with Crippen LogP contribution in [0.15, 0.2) is 60.7 Å². The molecule has 0 spiro atoms. The molecule has 0 saturated carbocycles. The lowest BCUT2D eigenvalue weighted by atomic mass is 10.3. The first-order valence-electron chi connectivity index (χ1n) is 6.58. The van der Waals surface area contributed by atoms with Crippen molar-refractivity contribution in [2.45, 2.75) is 0 Å². The fourth-order valence-electron chi connectivity index (χ4n) is 1.68. The number of ether oxygens (including phenoxy) is 1. The minimum atomic E-state index is -0.0504. The van der Waals surface area contributed by atoms with Crippen molar-refractivity contribution in [3.8, 4) is 5.75 Å². The smallest absolute Gasteiger partial charge is 0.239 e. The van der Waals surface area contributed by atoms with Crippen LogP contribution in [-0.4, -0.2) is 25.6 Å². The van der Waals surface area contributed by atoms with Gasteiger partial charge < -0.3 is 15.4 Å². The molecule has 4 nitrogen and oxygen atoms in total. The summed E-state index contributed by atoms with van der Waals surface area (Å²) in [6.45, 7) is 1.21. The van der Waals surface area contributed by atoms with Crippen LogP contribution in [0.4, 0.5) is 5.69 Å². The average molecular weight is 270 g/mol. The van der Waals surface area contributed by atoms with Gasteiger partial charge in [-0.3, -0.25) is 4.79 Å². The van der Waals surface area contributed by atoms with Crippen molar-refractivity contribution in [1.82, 2.24) is 5.32 Å². The first kappa shape index (κ1) is 13.9. The van der Waals surface area contributed by atoms with Crippen LogP contribution in [0.1, 0.15) is 0 Å². The summed E-state index contributed by atoms with van der Waals surface area (Å²) in [5, 5.41) is 5.85. The Labute approximate surface area is 118 Å². The fourth-order valence-corrected chi connectivity index (χ4v) is 1.68. The molecule has 0 aliphatic rings. The maximum absolute atomic E-state index is 11.6. The Balaban J connectivity index is 1.59. The van der Waals surface area contributed by atoms with Crippen molar-refractivity contribution in [1.29, 1.82) is 0 Å². The van der Waals surface area contributed by atoms with Gasteiger partial charge in [0.2, 0.25) is 5.91 Å². The number of carbonyl (C=O) groups is 1. The summed E-state index contributed by atoms with van der Waals surface area (Å²) >= 11 is 0. The second-order valence-corrected chi connectivity index (χ2v) is 4.23. The highest BCUT2D eigenvalue weighted by atomic mass is 16.5. The monoisotopic (exact) mass is 270 g/mol. The Kier molecular flexibility index (Phi) is 5.46. The summed E-state index contributed by atoms with van der Waals surface area (Å²) in [6, 6.07) is 19.2. The molecule has 0 unspecified atom stereocenters. The standard InChI is InChI=1S/C16H18N2O2/c19-16(13-18-14-7-3-1-4-8-14)17-11-12-20-15-9-5-2-6-10-15/h1-10,18H,11-13H2,(H,17,19). The molecule has 0 aliphatic heterocycles. The Bertz CT molecular complexity index is 515. The number of amides is 1. The van der Waals surface area contributed by atoms with Crippen molar-refractivity contribution in [2.24, 2.45) is 0 Å². The molecule has 0 fully saturated rings. The minimum absolute atomic E-state index is 0.0504. The molecule has 0 aromatic heterocycles. The number of hydrogen-bond donors (Lipinski definition) is 2. The van der Waals surface area contributed by atoms with Crippen LogP contribution in [-0.2, 0) is 4.79 Å². The summed E-state index contributed by atoms with van der Waals surface area (Å²) < 4.78 is 5.48. The lowest BCUT2D eigenvalue weighted by Crippen LogP contribution is -2.32. The number of benzene rings is 2. The van der Waals surface area contributed by atoms with E-state index in [9.17, 15) is 4.79 Å². The summed E-state index contributed by atoms with van der Waals surface area (Å²) in [7, 11) is 0. The van der Waals surface area contributed by atoms with Crippen LogP contribution in [0.5, 0.6) is 5.75 Å². The van der Waals surface area contributed by atoms with Gasteiger partial charge in [-0.2, -0.15) is 0 Å². The molecule has 4 heteroatoms. The van der Waals surface area contributed by atoms with Crippen LogP contribution in [0, 0.1) is 0 Å². The van der Waals surface area contributed by atoms with Gasteiger partial charge >= 0.3 is 0 Å². The van der Waals surface area contributed by atoms with E-state index in [1.807, 2.05) is 60.7 Å². The van der Waals surface area contributed by atoms with Crippen molar-refractivity contribution < 1.29 is 9.53 Å². The molecule has 0 saturated heterocycles. The Morgan fingerprint density at radius 2 is 1.60 bits per heavy atom. The quantitative estimate of drug-likeness (QED) is 0.759. The zero-order chi connectivity index (χ0) is 14.0. The van der Waals surface area contributed by atoms with E-state index in [-0.39, 0.29) is 12.5 Å². The van der Waals surface area contributed by atoms with Crippen LogP contribution in [0.3, 0.4) is 0 Å². The number of carbonyl (C=O) groups excluding carboxylic acids is 1. The lowest BCUT2D eigenvalue weighted by molar-refractivity contribution is -0.119. The van der Waals surface area contributed by atoms with Crippen LogP contribution in [0.2, 0.25) is 0 Å². The summed E-state index contributed by atoms with van der Waals surface area (Å²) in [5.74, 6) is 0.759. The zero-order valence-electron chi connectivity index (χ0n) is 11.2. The molecule has 0 bridgehead atoms. The van der Waals surface area contributed by atoms with Crippen LogP contribution < -0.4 is 15.4 Å². The third kappa shape index (κ3) is 5.02. The van der Waals surface area contributed by atoms with E-state index >= 15 is 0 Å². The molecule has 0 heterocycles. The first-order chi connectivity index (χ1) is 9.84. The number of para-hydroxylation sites is 2. The lowest BCUT2D eigenvalue weighted by Gasteiger charge is -2.09. The third-order valence-corrected chi connectivity index (χ3v) is 2.66. The number of hydrogen-bond acceptors (Lipinski definition) is 3. The van der Waals surface area contributed by atoms with Crippen molar-refractivity contribution in [3.05, 3.63) is 60.7 Å². The van der Waals surface area contributed by atoms with Crippen molar-refractivity contribution in [2.75, 3.05) is 25.0 Å². The predicted molar refractivity (Wildman–Crippen MR) is 79.9 cm³/mol. The maximum Gasteiger partial charge on any atom is 0.239 e. The normalized spacial score (nSPS) is 9.80. The van der Waals surface area contributed by atoms with Crippen LogP contribution >= 0.6 is 0 Å². The van der Waals surface area contributed by atoms with E-state index in [4.69, 9.17) is 4.74 Å². The highest BCUT2D eigenvalue weighted by molar-refractivity contribution is 5.80. The highest BCUT2D eigenvalue weighted by Crippen LogP contribution is 2.07. The van der Waals surface area contributed by atoms with Gasteiger partial charge in [0.1, 0.15) is 12.4 Å². The third-order valence-electron chi connectivity index (χ3n) is 2.66. The fraction of sp³-hybridized carbons (Fsp3) is 0.188. The summed E-state index contributed by atoms with van der Waals surface area (Å²) in [6.07, 6.45) is 0. The molecule has 2 rings (SSSR count). The average Bonchev–Trinajstić information content (AvgIpc) is 2.52. The molecule has 2 aromatic rings. The van der Waals surface area contributed by atoms with Gasteiger partial charge in [-0.05, 0) is 24.3 Å². The van der Waals surface area contributed by atoms with Gasteiger partial charge in [-0.25, -0.2) is 0 Å². The molecule has 104 valence electrons. The SMILES string of the molecule is O=C(CNc1ccccc1)NCCOc1ccccc1. The van der Waals surface area contributed by atoms with Gasteiger partial charge in [0.15, 0.2) is 0 Å². The Hall–Kier alpha value is -2.49. The van der Waals surface area contributed by atoms with Crippen molar-refractivity contribution >= 4 is 11.6 Å². The van der Waals surface area contributed by atoms with E-state index in [0.717, 1.165) is 11.4 Å². The van der Waals surface area contributed by atoms with Gasteiger partial charge in [0.05, 0.1) is 13.1 Å². The molecule has 0 radical (unpaired) electrons. The van der Waals surface area contributed by atoms with Crippen molar-refractivity contribution in [3.63, 3.8) is 0 Å². The molecular weight excluding hydrogens is 252 g/mol. The maximum atomic E-state index is 11.6. The van der Waals surface area contributed by atoms with Gasteiger partial charge in [0, 0.05) is 5.69 Å². The van der Waals surface area contributed by atoms with Gasteiger partial charge in [-0.1, -0.05) is 36.4 Å². The number of nitrogens with one attached hydrogen (secondary N) is 2. The van der Waals surface area contributed by atoms with E-state index < -0.39 is 0 Å². The number of anilines is 1. The zero-order valence-corrected chi connectivity index (χ0v) is 11.2. The highest BCUT2D eigenvalue weighted by Gasteiger charge is 2.00. The van der Waals surface area contributed by atoms with Gasteiger partial charge in [0.25, 0.3) is 0 Å². The second kappa shape index (κ2) is 7.84. The summed E-state index contributed by atoms with van der Waals surface area (Å²) in [5.41, 5.74) is 0.934. The molecule has 2 aromatic carbocycles. The molecule has 2 N–H and O–H groups in total. The molecule has 1 amide bonds. The van der Waals surface area contributed by atoms with E-state index in [2.05, 4.69) is 10.6 Å². The molecule has 20 heavy (non-hydrogen) atoms. The Morgan fingerprint density at radius 3 is 2.30 bits per heavy atom. The van der Waals surface area contributed by atoms with E-state index in [0.29, 0.717) is 13.2 Å². The second-order valence-electron chi connectivity index (χ2n) is 4.23. The van der Waals surface area contributed by atoms with Gasteiger partial charge in [-0.15, -0.1) is 0 Å². The molecule has 0 aliphatic carbocycles. The van der Waals surface area contributed by atoms with E-state index in [1.54, 1.807) is 0 Å². The van der Waals surface area contributed by atoms with Crippen LogP contribution in [0.25, 0.3) is 0 Å². The minimum Gasteiger partial charge on any atom is -0.492 e. The molecular formula is C16H18N2O2. The predicted octanol–water partition coefficient (Wildman–Crippen LogP) is 2.29. The largest absolute Gasteiger partial charge is 0.492 e. The topological polar surface area (TPSA) is 50.4 Å². The Morgan fingerprint density at radius 1 is 0.950 bits per heavy atom. The molecule has 0 atom stereocenters. The number of rotatable bonds is 7. The summed E-state index contributed by atoms with van der Waals surface area (Å²) in [4.78, 5) is 11.6. The first-order valence-corrected chi connectivity index (χ1v) is 6.58.